The summed E-state index contributed by atoms with van der Waals surface area (Å²) in [6.07, 6.45) is 9.18. The van der Waals surface area contributed by atoms with Crippen molar-refractivity contribution in [1.82, 2.24) is 10.6 Å². The van der Waals surface area contributed by atoms with Gasteiger partial charge in [-0.3, -0.25) is 4.79 Å². The van der Waals surface area contributed by atoms with Gasteiger partial charge in [0.2, 0.25) is 5.91 Å². The van der Waals surface area contributed by atoms with Gasteiger partial charge in [0, 0.05) is 12.6 Å². The van der Waals surface area contributed by atoms with Gasteiger partial charge in [-0.1, -0.05) is 0 Å². The van der Waals surface area contributed by atoms with Crippen LogP contribution in [0.15, 0.2) is 0 Å². The van der Waals surface area contributed by atoms with Gasteiger partial charge < -0.3 is 10.6 Å². The Morgan fingerprint density at radius 1 is 1.10 bits per heavy atom. The lowest BCUT2D eigenvalue weighted by atomic mass is 9.54. The van der Waals surface area contributed by atoms with E-state index in [2.05, 4.69) is 17.6 Å². The minimum atomic E-state index is -0.174. The highest BCUT2D eigenvalue weighted by molar-refractivity contribution is 5.83. The molecule has 20 heavy (non-hydrogen) atoms. The molecule has 4 saturated carbocycles. The Labute approximate surface area is 122 Å². The Kier molecular flexibility index (Phi) is 3.10. The quantitative estimate of drug-likeness (QED) is 0.812. The van der Waals surface area contributed by atoms with Crippen LogP contribution < -0.4 is 10.6 Å². The number of nitrogens with one attached hydrogen (secondary N) is 2. The van der Waals surface area contributed by atoms with E-state index in [0.29, 0.717) is 11.9 Å². The fourth-order valence-electron chi connectivity index (χ4n) is 5.74. The van der Waals surface area contributed by atoms with Crippen LogP contribution in [0, 0.1) is 29.1 Å². The standard InChI is InChI=1S/C17H28N2O/c1-17(3-2-4-18-10-17)16(20)19-15-13-6-11-5-12(8-13)9-14(15)7-11/h11-15,18H,2-10H2,1H3,(H,19,20). The highest BCUT2D eigenvalue weighted by Crippen LogP contribution is 2.53. The molecule has 1 unspecified atom stereocenters. The van der Waals surface area contributed by atoms with Gasteiger partial charge >= 0.3 is 0 Å². The Balaban J connectivity index is 1.45. The van der Waals surface area contributed by atoms with Crippen LogP contribution in [0.1, 0.15) is 51.9 Å². The smallest absolute Gasteiger partial charge is 0.227 e. The molecule has 0 spiro atoms. The molecule has 1 aliphatic heterocycles. The molecule has 3 heteroatoms. The van der Waals surface area contributed by atoms with Gasteiger partial charge in [-0.25, -0.2) is 0 Å². The molecular formula is C17H28N2O. The monoisotopic (exact) mass is 276 g/mol. The molecule has 0 aromatic carbocycles. The van der Waals surface area contributed by atoms with Crippen LogP contribution in [0.2, 0.25) is 0 Å². The first kappa shape index (κ1) is 13.1. The van der Waals surface area contributed by atoms with Crippen LogP contribution in [-0.4, -0.2) is 25.0 Å². The zero-order valence-electron chi connectivity index (χ0n) is 12.7. The average Bonchev–Trinajstić information content (AvgIpc) is 2.42. The highest BCUT2D eigenvalue weighted by atomic mass is 16.2. The zero-order chi connectivity index (χ0) is 13.7. The molecule has 1 heterocycles. The minimum Gasteiger partial charge on any atom is -0.352 e. The molecule has 5 rings (SSSR count). The summed E-state index contributed by atoms with van der Waals surface area (Å²) in [4.78, 5) is 12.8. The van der Waals surface area contributed by atoms with Crippen molar-refractivity contribution in [1.29, 1.82) is 0 Å². The largest absolute Gasteiger partial charge is 0.352 e. The summed E-state index contributed by atoms with van der Waals surface area (Å²) < 4.78 is 0. The molecule has 1 amide bonds. The van der Waals surface area contributed by atoms with Crippen LogP contribution >= 0.6 is 0 Å². The van der Waals surface area contributed by atoms with Crippen LogP contribution in [0.25, 0.3) is 0 Å². The summed E-state index contributed by atoms with van der Waals surface area (Å²) in [6, 6.07) is 0.494. The lowest BCUT2D eigenvalue weighted by Crippen LogP contribution is -2.59. The van der Waals surface area contributed by atoms with Crippen LogP contribution in [0.3, 0.4) is 0 Å². The van der Waals surface area contributed by atoms with Crippen molar-refractivity contribution in [2.45, 2.75) is 57.9 Å². The average molecular weight is 276 g/mol. The first-order valence-electron chi connectivity index (χ1n) is 8.66. The number of amides is 1. The number of hydrogen-bond donors (Lipinski definition) is 2. The van der Waals surface area contributed by atoms with E-state index in [1.165, 1.54) is 32.1 Å². The highest BCUT2D eigenvalue weighted by Gasteiger charge is 2.49. The summed E-state index contributed by atoms with van der Waals surface area (Å²) in [5.41, 5.74) is -0.174. The molecule has 0 radical (unpaired) electrons. The molecule has 4 aliphatic carbocycles. The minimum absolute atomic E-state index is 0.174. The number of carbonyl (C=O) groups excluding carboxylic acids is 1. The molecule has 5 aliphatic rings. The fourth-order valence-corrected chi connectivity index (χ4v) is 5.74. The van der Waals surface area contributed by atoms with Gasteiger partial charge in [-0.05, 0) is 82.1 Å². The van der Waals surface area contributed by atoms with E-state index in [4.69, 9.17) is 0 Å². The van der Waals surface area contributed by atoms with E-state index < -0.39 is 0 Å². The van der Waals surface area contributed by atoms with Gasteiger partial charge in [0.25, 0.3) is 0 Å². The Bertz CT molecular complexity index is 372. The maximum Gasteiger partial charge on any atom is 0.227 e. The molecule has 0 aromatic heterocycles. The van der Waals surface area contributed by atoms with Crippen molar-refractivity contribution in [2.75, 3.05) is 13.1 Å². The summed E-state index contributed by atoms with van der Waals surface area (Å²) in [6.45, 7) is 4.07. The fraction of sp³-hybridized carbons (Fsp3) is 0.941. The summed E-state index contributed by atoms with van der Waals surface area (Å²) in [5, 5.41) is 6.89. The third kappa shape index (κ3) is 2.09. The molecule has 4 bridgehead atoms. The predicted molar refractivity (Wildman–Crippen MR) is 79.2 cm³/mol. The van der Waals surface area contributed by atoms with E-state index in [1.54, 1.807) is 0 Å². The molecule has 3 nitrogen and oxygen atoms in total. The Hall–Kier alpha value is -0.570. The molecule has 0 aromatic rings. The Morgan fingerprint density at radius 2 is 1.75 bits per heavy atom. The van der Waals surface area contributed by atoms with Crippen molar-refractivity contribution < 1.29 is 4.79 Å². The molecule has 112 valence electrons. The molecule has 1 atom stereocenters. The van der Waals surface area contributed by atoms with Crippen molar-refractivity contribution in [2.24, 2.45) is 29.1 Å². The van der Waals surface area contributed by atoms with Gasteiger partial charge in [0.05, 0.1) is 5.41 Å². The van der Waals surface area contributed by atoms with Gasteiger partial charge in [0.1, 0.15) is 0 Å². The zero-order valence-corrected chi connectivity index (χ0v) is 12.7. The van der Waals surface area contributed by atoms with E-state index in [9.17, 15) is 4.79 Å². The second-order valence-electron chi connectivity index (χ2n) is 8.27. The second kappa shape index (κ2) is 4.72. The van der Waals surface area contributed by atoms with Crippen molar-refractivity contribution in [3.05, 3.63) is 0 Å². The maximum absolute atomic E-state index is 12.8. The van der Waals surface area contributed by atoms with E-state index in [-0.39, 0.29) is 5.41 Å². The van der Waals surface area contributed by atoms with E-state index in [0.717, 1.165) is 49.6 Å². The molecule has 5 fully saturated rings. The van der Waals surface area contributed by atoms with Crippen molar-refractivity contribution in [3.8, 4) is 0 Å². The topological polar surface area (TPSA) is 41.1 Å². The van der Waals surface area contributed by atoms with Crippen molar-refractivity contribution >= 4 is 5.91 Å². The molecular weight excluding hydrogens is 248 g/mol. The van der Waals surface area contributed by atoms with Crippen molar-refractivity contribution in [3.63, 3.8) is 0 Å². The van der Waals surface area contributed by atoms with Crippen LogP contribution in [-0.2, 0) is 4.79 Å². The molecule has 1 saturated heterocycles. The van der Waals surface area contributed by atoms with Gasteiger partial charge in [0.15, 0.2) is 0 Å². The Morgan fingerprint density at radius 3 is 2.30 bits per heavy atom. The first-order chi connectivity index (χ1) is 9.64. The SMILES string of the molecule is CC1(C(=O)NC2C3CC4CC(C3)CC2C4)CCCNC1. The normalized spacial score (nSPS) is 50.1. The number of hydrogen-bond acceptors (Lipinski definition) is 2. The number of piperidine rings is 1. The van der Waals surface area contributed by atoms with E-state index in [1.807, 2.05) is 0 Å². The van der Waals surface area contributed by atoms with Gasteiger partial charge in [-0.2, -0.15) is 0 Å². The van der Waals surface area contributed by atoms with Gasteiger partial charge in [-0.15, -0.1) is 0 Å². The summed E-state index contributed by atoms with van der Waals surface area (Å²) in [5.74, 6) is 3.86. The second-order valence-corrected chi connectivity index (χ2v) is 8.27. The third-order valence-electron chi connectivity index (χ3n) is 6.67. The summed E-state index contributed by atoms with van der Waals surface area (Å²) in [7, 11) is 0. The lowest BCUT2D eigenvalue weighted by molar-refractivity contribution is -0.135. The lowest BCUT2D eigenvalue weighted by Gasteiger charge is -2.55. The summed E-state index contributed by atoms with van der Waals surface area (Å²) >= 11 is 0. The van der Waals surface area contributed by atoms with Crippen LogP contribution in [0.5, 0.6) is 0 Å². The van der Waals surface area contributed by atoms with Crippen LogP contribution in [0.4, 0.5) is 0 Å². The number of carbonyl (C=O) groups is 1. The van der Waals surface area contributed by atoms with E-state index >= 15 is 0 Å². The maximum atomic E-state index is 12.8. The third-order valence-corrected chi connectivity index (χ3v) is 6.67. The predicted octanol–water partition coefficient (Wildman–Crippen LogP) is 2.32. The molecule has 2 N–H and O–H groups in total. The first-order valence-corrected chi connectivity index (χ1v) is 8.66. The number of rotatable bonds is 2.